The summed E-state index contributed by atoms with van der Waals surface area (Å²) in [5.41, 5.74) is 2.85. The van der Waals surface area contributed by atoms with Gasteiger partial charge in [-0.1, -0.05) is 0 Å². The number of nitrogens with zero attached hydrogens (tertiary/aromatic N) is 1. The van der Waals surface area contributed by atoms with Crippen LogP contribution in [0.25, 0.3) is 0 Å². The summed E-state index contributed by atoms with van der Waals surface area (Å²) in [5.74, 6) is 0. The van der Waals surface area contributed by atoms with Crippen LogP contribution in [0.5, 0.6) is 0 Å². The van der Waals surface area contributed by atoms with Gasteiger partial charge in [0, 0.05) is 24.6 Å². The molecule has 1 N–H and O–H groups in total. The van der Waals surface area contributed by atoms with E-state index in [0.29, 0.717) is 0 Å². The molecule has 1 unspecified atom stereocenters. The highest BCUT2D eigenvalue weighted by Gasteiger charge is 2.17. The van der Waals surface area contributed by atoms with Gasteiger partial charge in [-0.2, -0.15) is 7.05 Å². The van der Waals surface area contributed by atoms with Crippen molar-refractivity contribution < 1.29 is 4.90 Å². The Labute approximate surface area is 61.2 Å². The monoisotopic (exact) mass is 136 g/mol. The minimum absolute atomic E-state index is 1.08. The molecular formula is C8H12N2. The normalized spacial score (nSPS) is 31.1. The van der Waals surface area contributed by atoms with Crippen LogP contribution in [0.4, 0.5) is 0 Å². The van der Waals surface area contributed by atoms with Crippen LogP contribution in [0, 0.1) is 7.05 Å². The molecule has 0 saturated heterocycles. The number of hydrogen-bond acceptors (Lipinski definition) is 1. The molecule has 0 aromatic heterocycles. The van der Waals surface area contributed by atoms with E-state index in [1.807, 2.05) is 6.21 Å². The van der Waals surface area contributed by atoms with Crippen molar-refractivity contribution in [1.29, 1.82) is 0 Å². The summed E-state index contributed by atoms with van der Waals surface area (Å²) in [4.78, 5) is 5.68. The molecule has 0 amide bonds. The van der Waals surface area contributed by atoms with Crippen molar-refractivity contribution in [3.63, 3.8) is 0 Å². The topological polar surface area (TPSA) is 16.8 Å². The highest BCUT2D eigenvalue weighted by atomic mass is 15.1. The molecule has 0 aromatic rings. The van der Waals surface area contributed by atoms with Gasteiger partial charge in [0.15, 0.2) is 0 Å². The molecule has 2 heterocycles. The van der Waals surface area contributed by atoms with Gasteiger partial charge in [0.2, 0.25) is 0 Å². The third-order valence-corrected chi connectivity index (χ3v) is 2.17. The zero-order valence-corrected chi connectivity index (χ0v) is 6.06. The van der Waals surface area contributed by atoms with Crippen molar-refractivity contribution in [2.24, 2.45) is 4.99 Å². The first kappa shape index (κ1) is 6.10. The Morgan fingerprint density at radius 1 is 1.60 bits per heavy atom. The maximum atomic E-state index is 4.31. The number of aliphatic imine (C=N–C) groups is 1. The number of nitrogens with one attached hydrogen (secondary N) is 1. The van der Waals surface area contributed by atoms with Gasteiger partial charge >= 0.3 is 0 Å². The van der Waals surface area contributed by atoms with Gasteiger partial charge in [-0.25, -0.2) is 0 Å². The summed E-state index contributed by atoms with van der Waals surface area (Å²) in [7, 11) is 3.98. The van der Waals surface area contributed by atoms with Crippen LogP contribution in [0.3, 0.4) is 0 Å². The minimum Gasteiger partial charge on any atom is -0.464 e. The maximum Gasteiger partial charge on any atom is 0.0771 e. The van der Waals surface area contributed by atoms with Gasteiger partial charge in [-0.05, 0) is 0 Å². The zero-order chi connectivity index (χ0) is 6.97. The third kappa shape index (κ3) is 0.886. The molecule has 2 aliphatic heterocycles. The molecule has 0 fully saturated rings. The molecule has 10 heavy (non-hydrogen) atoms. The maximum absolute atomic E-state index is 4.31. The lowest BCUT2D eigenvalue weighted by atomic mass is 10.1. The second-order valence-electron chi connectivity index (χ2n) is 2.99. The predicted molar refractivity (Wildman–Crippen MR) is 40.8 cm³/mol. The van der Waals surface area contributed by atoms with Crippen molar-refractivity contribution >= 4 is 6.21 Å². The lowest BCUT2D eigenvalue weighted by Crippen LogP contribution is -3.07. The highest BCUT2D eigenvalue weighted by Crippen LogP contribution is 2.18. The van der Waals surface area contributed by atoms with Crippen molar-refractivity contribution in [3.05, 3.63) is 18.3 Å². The van der Waals surface area contributed by atoms with Gasteiger partial charge < -0.3 is 4.90 Å². The van der Waals surface area contributed by atoms with E-state index in [4.69, 9.17) is 0 Å². The second-order valence-corrected chi connectivity index (χ2v) is 2.99. The molecule has 0 saturated carbocycles. The lowest BCUT2D eigenvalue weighted by Gasteiger charge is -2.26. The SMILES string of the molecule is [CH2-][NH+]1CCC2=C(CC=N2)C1. The van der Waals surface area contributed by atoms with Crippen molar-refractivity contribution in [1.82, 2.24) is 0 Å². The standard InChI is InChI=1S/C8H12N2/c1-10-5-3-8-7(6-10)2-4-9-8/h4,10H,1-3,5-6H2. The minimum atomic E-state index is 1.08. The Hall–Kier alpha value is -0.630. The molecule has 2 rings (SSSR count). The third-order valence-electron chi connectivity index (χ3n) is 2.17. The van der Waals surface area contributed by atoms with Crippen LogP contribution in [-0.4, -0.2) is 19.3 Å². The van der Waals surface area contributed by atoms with Crippen LogP contribution in [0.2, 0.25) is 0 Å². The van der Waals surface area contributed by atoms with Crippen molar-refractivity contribution in [2.75, 3.05) is 13.1 Å². The molecule has 2 nitrogen and oxygen atoms in total. The molecule has 2 aliphatic rings. The number of rotatable bonds is 0. The van der Waals surface area contributed by atoms with E-state index in [2.05, 4.69) is 12.0 Å². The fraction of sp³-hybridized carbons (Fsp3) is 0.500. The predicted octanol–water partition coefficient (Wildman–Crippen LogP) is -0.205. The van der Waals surface area contributed by atoms with E-state index < -0.39 is 0 Å². The molecular weight excluding hydrogens is 124 g/mol. The average Bonchev–Trinajstić information content (AvgIpc) is 2.33. The van der Waals surface area contributed by atoms with Crippen LogP contribution < -0.4 is 4.90 Å². The fourth-order valence-electron chi connectivity index (χ4n) is 1.58. The largest absolute Gasteiger partial charge is 0.464 e. The van der Waals surface area contributed by atoms with E-state index >= 15 is 0 Å². The Balaban J connectivity index is 2.18. The Morgan fingerprint density at radius 2 is 2.50 bits per heavy atom. The van der Waals surface area contributed by atoms with E-state index in [9.17, 15) is 0 Å². The lowest BCUT2D eigenvalue weighted by molar-refractivity contribution is -0.850. The summed E-state index contributed by atoms with van der Waals surface area (Å²) in [6, 6.07) is 0. The highest BCUT2D eigenvalue weighted by molar-refractivity contribution is 5.67. The fourth-order valence-corrected chi connectivity index (χ4v) is 1.58. The quantitative estimate of drug-likeness (QED) is 0.444. The zero-order valence-electron chi connectivity index (χ0n) is 6.06. The molecule has 1 atom stereocenters. The van der Waals surface area contributed by atoms with E-state index in [0.717, 1.165) is 25.9 Å². The van der Waals surface area contributed by atoms with E-state index in [1.54, 1.807) is 0 Å². The van der Waals surface area contributed by atoms with Gasteiger partial charge in [-0.15, -0.1) is 0 Å². The smallest absolute Gasteiger partial charge is 0.0771 e. The summed E-state index contributed by atoms with van der Waals surface area (Å²) in [5, 5.41) is 0. The van der Waals surface area contributed by atoms with Crippen LogP contribution in [0.1, 0.15) is 12.8 Å². The van der Waals surface area contributed by atoms with Gasteiger partial charge in [-0.3, -0.25) is 4.99 Å². The van der Waals surface area contributed by atoms with E-state index in [-0.39, 0.29) is 0 Å². The summed E-state index contributed by atoms with van der Waals surface area (Å²) in [6.07, 6.45) is 4.22. The van der Waals surface area contributed by atoms with Crippen molar-refractivity contribution in [3.8, 4) is 0 Å². The molecule has 0 bridgehead atoms. The first-order chi connectivity index (χ1) is 4.86. The first-order valence-corrected chi connectivity index (χ1v) is 3.76. The molecule has 54 valence electrons. The molecule has 0 spiro atoms. The first-order valence-electron chi connectivity index (χ1n) is 3.76. The molecule has 0 aliphatic carbocycles. The van der Waals surface area contributed by atoms with E-state index in [1.165, 1.54) is 16.2 Å². The molecule has 0 radical (unpaired) electrons. The molecule has 2 heteroatoms. The summed E-state index contributed by atoms with van der Waals surface area (Å²) >= 11 is 0. The Morgan fingerprint density at radius 3 is 3.40 bits per heavy atom. The number of quaternary nitrogens is 1. The van der Waals surface area contributed by atoms with Crippen LogP contribution >= 0.6 is 0 Å². The average molecular weight is 136 g/mol. The van der Waals surface area contributed by atoms with Crippen LogP contribution in [0.15, 0.2) is 16.3 Å². The van der Waals surface area contributed by atoms with Crippen LogP contribution in [-0.2, 0) is 0 Å². The van der Waals surface area contributed by atoms with Crippen molar-refractivity contribution in [2.45, 2.75) is 12.8 Å². The van der Waals surface area contributed by atoms with Gasteiger partial charge in [0.25, 0.3) is 0 Å². The second kappa shape index (κ2) is 2.20. The van der Waals surface area contributed by atoms with Gasteiger partial charge in [0.05, 0.1) is 18.8 Å². The molecule has 0 aromatic carbocycles. The summed E-state index contributed by atoms with van der Waals surface area (Å²) in [6.45, 7) is 2.26. The summed E-state index contributed by atoms with van der Waals surface area (Å²) < 4.78 is 0. The number of hydrogen-bond donors (Lipinski definition) is 1. The van der Waals surface area contributed by atoms with Gasteiger partial charge in [0.1, 0.15) is 0 Å². The Bertz CT molecular complexity index is 203. The Kier molecular flexibility index (Phi) is 1.34.